The first-order chi connectivity index (χ1) is 4.63. The Balaban J connectivity index is 2.52. The lowest BCUT2D eigenvalue weighted by molar-refractivity contribution is -0.0658. The summed E-state index contributed by atoms with van der Waals surface area (Å²) < 4.78 is 37.3. The molecule has 0 saturated carbocycles. The minimum atomic E-state index is -3.16. The molecule has 1 N–H and O–H groups in total. The molecule has 1 saturated heterocycles. The zero-order valence-corrected chi connectivity index (χ0v) is 5.54. The second-order valence-corrected chi connectivity index (χ2v) is 2.55. The molecule has 60 valence electrons. The fourth-order valence-electron chi connectivity index (χ4n) is 0.983. The van der Waals surface area contributed by atoms with Gasteiger partial charge in [-0.1, -0.05) is 0 Å². The van der Waals surface area contributed by atoms with Crippen LogP contribution in [0.1, 0.15) is 12.8 Å². The van der Waals surface area contributed by atoms with Crippen LogP contribution in [0.2, 0.25) is 0 Å². The van der Waals surface area contributed by atoms with Gasteiger partial charge in [-0.05, 0) is 19.4 Å². The summed E-state index contributed by atoms with van der Waals surface area (Å²) >= 11 is 0. The van der Waals surface area contributed by atoms with Crippen molar-refractivity contribution in [1.82, 2.24) is 5.32 Å². The fraction of sp³-hybridized carbons (Fsp3) is 1.00. The first-order valence-corrected chi connectivity index (χ1v) is 3.35. The minimum Gasteiger partial charge on any atom is -0.311 e. The zero-order chi connectivity index (χ0) is 7.61. The van der Waals surface area contributed by atoms with E-state index in [2.05, 4.69) is 5.32 Å². The fourth-order valence-corrected chi connectivity index (χ4v) is 0.983. The van der Waals surface area contributed by atoms with Gasteiger partial charge in [0, 0.05) is 0 Å². The predicted molar refractivity (Wildman–Crippen MR) is 31.9 cm³/mol. The van der Waals surface area contributed by atoms with E-state index in [1.807, 2.05) is 0 Å². The van der Waals surface area contributed by atoms with Crippen LogP contribution in [0, 0.1) is 0 Å². The second-order valence-electron chi connectivity index (χ2n) is 2.55. The molecule has 0 bridgehead atoms. The van der Waals surface area contributed by atoms with Gasteiger partial charge >= 0.3 is 0 Å². The van der Waals surface area contributed by atoms with Gasteiger partial charge in [-0.15, -0.1) is 0 Å². The molecular weight excluding hydrogens is 143 g/mol. The molecule has 1 nitrogen and oxygen atoms in total. The molecule has 1 rings (SSSR count). The molecule has 4 heteroatoms. The average Bonchev–Trinajstić information content (AvgIpc) is 1.96. The molecule has 1 aliphatic heterocycles. The van der Waals surface area contributed by atoms with Gasteiger partial charge in [-0.25, -0.2) is 13.2 Å². The zero-order valence-electron chi connectivity index (χ0n) is 5.54. The summed E-state index contributed by atoms with van der Waals surface area (Å²) in [5.74, 6) is -3.16. The van der Waals surface area contributed by atoms with Crippen molar-refractivity contribution in [3.63, 3.8) is 0 Å². The number of hydrogen-bond acceptors (Lipinski definition) is 1. The normalized spacial score (nSPS) is 33.3. The van der Waals surface area contributed by atoms with Gasteiger partial charge < -0.3 is 5.32 Å². The van der Waals surface area contributed by atoms with E-state index in [4.69, 9.17) is 0 Å². The highest BCUT2D eigenvalue weighted by atomic mass is 19.3. The Labute approximate surface area is 57.6 Å². The van der Waals surface area contributed by atoms with Crippen LogP contribution in [-0.4, -0.2) is 25.2 Å². The second kappa shape index (κ2) is 2.78. The molecule has 0 aromatic heterocycles. The van der Waals surface area contributed by atoms with E-state index < -0.39 is 18.6 Å². The van der Waals surface area contributed by atoms with Crippen molar-refractivity contribution in [1.29, 1.82) is 0 Å². The highest BCUT2D eigenvalue weighted by Gasteiger charge is 2.40. The maximum Gasteiger partial charge on any atom is 0.290 e. The highest BCUT2D eigenvalue weighted by Crippen LogP contribution is 2.25. The molecule has 0 amide bonds. The molecule has 0 aliphatic carbocycles. The van der Waals surface area contributed by atoms with Crippen molar-refractivity contribution in [3.05, 3.63) is 0 Å². The van der Waals surface area contributed by atoms with Gasteiger partial charge in [0.05, 0.1) is 6.54 Å². The van der Waals surface area contributed by atoms with Crippen LogP contribution in [0.25, 0.3) is 0 Å². The third-order valence-corrected chi connectivity index (χ3v) is 1.63. The average molecular weight is 153 g/mol. The maximum atomic E-state index is 12.4. The van der Waals surface area contributed by atoms with E-state index >= 15 is 0 Å². The van der Waals surface area contributed by atoms with Gasteiger partial charge in [0.1, 0.15) is 0 Å². The lowest BCUT2D eigenvalue weighted by atomic mass is 10.1. The molecule has 1 atom stereocenters. The molecule has 0 aromatic carbocycles. The summed E-state index contributed by atoms with van der Waals surface area (Å²) in [4.78, 5) is 0. The number of nitrogens with one attached hydrogen (secondary N) is 1. The largest absolute Gasteiger partial charge is 0.311 e. The minimum absolute atomic E-state index is 0.0278. The van der Waals surface area contributed by atoms with E-state index in [-0.39, 0.29) is 6.42 Å². The molecule has 10 heavy (non-hydrogen) atoms. The van der Waals surface area contributed by atoms with Crippen LogP contribution in [-0.2, 0) is 0 Å². The molecule has 1 aliphatic rings. The lowest BCUT2D eigenvalue weighted by Crippen LogP contribution is -2.37. The predicted octanol–water partition coefficient (Wildman–Crippen LogP) is 1.34. The Morgan fingerprint density at radius 1 is 1.40 bits per heavy atom. The highest BCUT2D eigenvalue weighted by molar-refractivity contribution is 4.82. The van der Waals surface area contributed by atoms with Crippen LogP contribution in [0.5, 0.6) is 0 Å². The lowest BCUT2D eigenvalue weighted by Gasteiger charge is -2.16. The molecule has 1 heterocycles. The number of rotatable bonds is 0. The standard InChI is InChI=1S/C6H10F3N/c7-5-2-1-3-10-4-6(5,8)9/h5,10H,1-4H2. The van der Waals surface area contributed by atoms with Gasteiger partial charge in [0.25, 0.3) is 5.92 Å². The number of halogens is 3. The Hall–Kier alpha value is -0.250. The topological polar surface area (TPSA) is 12.0 Å². The van der Waals surface area contributed by atoms with E-state index in [0.717, 1.165) is 0 Å². The Morgan fingerprint density at radius 3 is 2.80 bits per heavy atom. The summed E-state index contributed by atoms with van der Waals surface area (Å²) in [5.41, 5.74) is 0. The monoisotopic (exact) mass is 153 g/mol. The number of alkyl halides is 3. The summed E-state index contributed by atoms with van der Waals surface area (Å²) in [6.07, 6.45) is -1.49. The molecule has 1 fully saturated rings. The van der Waals surface area contributed by atoms with Crippen molar-refractivity contribution >= 4 is 0 Å². The molecule has 0 spiro atoms. The van der Waals surface area contributed by atoms with Crippen LogP contribution in [0.3, 0.4) is 0 Å². The van der Waals surface area contributed by atoms with Gasteiger partial charge in [0.2, 0.25) is 0 Å². The van der Waals surface area contributed by atoms with Gasteiger partial charge in [-0.3, -0.25) is 0 Å². The van der Waals surface area contributed by atoms with Crippen molar-refractivity contribution in [2.24, 2.45) is 0 Å². The van der Waals surface area contributed by atoms with Gasteiger partial charge in [-0.2, -0.15) is 0 Å². The summed E-state index contributed by atoms with van der Waals surface area (Å²) in [7, 11) is 0. The van der Waals surface area contributed by atoms with Crippen LogP contribution >= 0.6 is 0 Å². The summed E-state index contributed by atoms with van der Waals surface area (Å²) in [6, 6.07) is 0. The van der Waals surface area contributed by atoms with Crippen molar-refractivity contribution in [3.8, 4) is 0 Å². The van der Waals surface area contributed by atoms with E-state index in [0.29, 0.717) is 13.0 Å². The van der Waals surface area contributed by atoms with E-state index in [1.165, 1.54) is 0 Å². The molecule has 0 aromatic rings. The third-order valence-electron chi connectivity index (χ3n) is 1.63. The van der Waals surface area contributed by atoms with E-state index in [1.54, 1.807) is 0 Å². The first-order valence-electron chi connectivity index (χ1n) is 3.35. The molecular formula is C6H10F3N. The third kappa shape index (κ3) is 1.62. The summed E-state index contributed by atoms with van der Waals surface area (Å²) in [6.45, 7) is -0.0236. The SMILES string of the molecule is FC1CCCNCC1(F)F. The van der Waals surface area contributed by atoms with Crippen molar-refractivity contribution in [2.45, 2.75) is 24.9 Å². The Morgan fingerprint density at radius 2 is 2.10 bits per heavy atom. The first kappa shape index (κ1) is 7.85. The molecule has 0 radical (unpaired) electrons. The maximum absolute atomic E-state index is 12.4. The summed E-state index contributed by atoms with van der Waals surface area (Å²) in [5, 5.41) is 2.48. The van der Waals surface area contributed by atoms with Crippen LogP contribution < -0.4 is 5.32 Å². The van der Waals surface area contributed by atoms with Crippen molar-refractivity contribution < 1.29 is 13.2 Å². The van der Waals surface area contributed by atoms with Crippen LogP contribution in [0.4, 0.5) is 13.2 Å². The quantitative estimate of drug-likeness (QED) is 0.553. The van der Waals surface area contributed by atoms with Crippen molar-refractivity contribution in [2.75, 3.05) is 13.1 Å². The van der Waals surface area contributed by atoms with Crippen LogP contribution in [0.15, 0.2) is 0 Å². The number of hydrogen-bond donors (Lipinski definition) is 1. The van der Waals surface area contributed by atoms with Gasteiger partial charge in [0.15, 0.2) is 6.17 Å². The smallest absolute Gasteiger partial charge is 0.290 e. The Bertz CT molecular complexity index is 116. The molecule has 1 unspecified atom stereocenters. The van der Waals surface area contributed by atoms with E-state index in [9.17, 15) is 13.2 Å². The Kier molecular flexibility index (Phi) is 2.18.